The van der Waals surface area contributed by atoms with E-state index in [2.05, 4.69) is 94.5 Å². The Morgan fingerprint density at radius 3 is 2.30 bits per heavy atom. The van der Waals surface area contributed by atoms with Crippen molar-refractivity contribution < 1.29 is 24.7 Å². The number of allylic oxidation sites excluding steroid dienone is 2. The zero-order valence-electron chi connectivity index (χ0n) is 18.3. The number of benzene rings is 2. The van der Waals surface area contributed by atoms with Crippen LogP contribution in [-0.2, 0) is 24.7 Å². The molecule has 3 heteroatoms. The van der Waals surface area contributed by atoms with Crippen molar-refractivity contribution in [2.75, 3.05) is 0 Å². The van der Waals surface area contributed by atoms with Crippen LogP contribution in [0.1, 0.15) is 49.5 Å². The molecule has 2 aromatic carbocycles. The van der Waals surface area contributed by atoms with Gasteiger partial charge >= 0.3 is 118 Å². The Bertz CT molecular complexity index is 1210. The van der Waals surface area contributed by atoms with Gasteiger partial charge in [0.2, 0.25) is 0 Å². The van der Waals surface area contributed by atoms with Gasteiger partial charge in [0.15, 0.2) is 0 Å². The van der Waals surface area contributed by atoms with Crippen LogP contribution in [0.4, 0.5) is 0 Å². The molecule has 7 rings (SSSR count). The van der Waals surface area contributed by atoms with Crippen LogP contribution in [0.15, 0.2) is 65.7 Å². The molecule has 0 saturated carbocycles. The number of hydrogen-bond acceptors (Lipinski definition) is 1. The van der Waals surface area contributed by atoms with Crippen LogP contribution < -0.4 is 0 Å². The molecule has 2 atom stereocenters. The summed E-state index contributed by atoms with van der Waals surface area (Å²) in [5.41, 5.74) is 11.4. The number of hydrogen-bond donors (Lipinski definition) is 0. The Labute approximate surface area is 200 Å². The zero-order chi connectivity index (χ0) is 21.2. The molecule has 2 bridgehead atoms. The normalized spacial score (nSPS) is 21.9. The topological polar surface area (TPSA) is 0 Å². The van der Waals surface area contributed by atoms with E-state index < -0.39 is 8.07 Å². The molecule has 30 heavy (non-hydrogen) atoms. The molecule has 0 nitrogen and oxygen atoms in total. The van der Waals surface area contributed by atoms with Crippen LogP contribution in [0.25, 0.3) is 22.4 Å². The molecular weight excluding hydrogens is 476 g/mol. The second-order valence-electron chi connectivity index (χ2n) is 9.35. The van der Waals surface area contributed by atoms with E-state index >= 15 is 0 Å². The third kappa shape index (κ3) is 3.00. The van der Waals surface area contributed by atoms with Gasteiger partial charge in [0.25, 0.3) is 0 Å². The van der Waals surface area contributed by atoms with E-state index in [1.807, 2.05) is 11.3 Å². The van der Waals surface area contributed by atoms with Crippen LogP contribution in [-0.4, -0.2) is 8.07 Å². The Balaban J connectivity index is 0.000000133. The second kappa shape index (κ2) is 7.40. The number of aryl methyl sites for hydroxylation is 1. The molecule has 4 aliphatic rings. The summed E-state index contributed by atoms with van der Waals surface area (Å²) in [6, 6.07) is 19.8. The molecule has 2 unspecified atom stereocenters. The van der Waals surface area contributed by atoms with Crippen LogP contribution in [0.2, 0.25) is 13.1 Å². The second-order valence-corrected chi connectivity index (χ2v) is 16.5. The fourth-order valence-electron chi connectivity index (χ4n) is 5.72. The van der Waals surface area contributed by atoms with E-state index in [-0.39, 0.29) is 0 Å². The summed E-state index contributed by atoms with van der Waals surface area (Å²) in [7, 11) is -0.995. The van der Waals surface area contributed by atoms with Crippen molar-refractivity contribution >= 4 is 30.7 Å². The SMILES string of the molecule is CC1=C2c3sc(C)cc3C1[Si]2(C)C.CC1=Cc2c(-c3ccccc3)cccc2[CH]1[Zr]. The van der Waals surface area contributed by atoms with Crippen molar-refractivity contribution in [3.63, 3.8) is 0 Å². The molecule has 3 heterocycles. The summed E-state index contributed by atoms with van der Waals surface area (Å²) in [4.78, 5) is 3.14. The summed E-state index contributed by atoms with van der Waals surface area (Å²) in [6.07, 6.45) is 2.36. The van der Waals surface area contributed by atoms with E-state index in [1.165, 1.54) is 32.7 Å². The number of thiophene rings is 1. The van der Waals surface area contributed by atoms with Crippen molar-refractivity contribution in [1.29, 1.82) is 0 Å². The van der Waals surface area contributed by atoms with Crippen LogP contribution in [0.3, 0.4) is 0 Å². The molecule has 2 aliphatic heterocycles. The predicted molar refractivity (Wildman–Crippen MR) is 130 cm³/mol. The van der Waals surface area contributed by atoms with E-state index in [9.17, 15) is 0 Å². The van der Waals surface area contributed by atoms with Gasteiger partial charge in [-0.05, 0) is 30.7 Å². The van der Waals surface area contributed by atoms with Crippen molar-refractivity contribution in [2.24, 2.45) is 0 Å². The van der Waals surface area contributed by atoms with Crippen LogP contribution >= 0.6 is 11.3 Å². The summed E-state index contributed by atoms with van der Waals surface area (Å²) < 4.78 is 0.654. The molecule has 0 radical (unpaired) electrons. The van der Waals surface area contributed by atoms with Crippen LogP contribution in [0, 0.1) is 6.92 Å². The van der Waals surface area contributed by atoms with E-state index in [0.29, 0.717) is 3.63 Å². The monoisotopic (exact) mass is 501 g/mol. The molecule has 0 saturated heterocycles. The Kier molecular flexibility index (Phi) is 5.08. The van der Waals surface area contributed by atoms with E-state index in [0.717, 1.165) is 5.54 Å². The van der Waals surface area contributed by atoms with Gasteiger partial charge in [0.05, 0.1) is 8.07 Å². The van der Waals surface area contributed by atoms with Gasteiger partial charge in [-0.1, -0.05) is 18.7 Å². The van der Waals surface area contributed by atoms with Crippen molar-refractivity contribution in [1.82, 2.24) is 0 Å². The molecule has 1 aromatic heterocycles. The Hall–Kier alpha value is -1.28. The van der Waals surface area contributed by atoms with Crippen molar-refractivity contribution in [2.45, 2.75) is 43.0 Å². The molecular formula is C27H27SSiZr. The average Bonchev–Trinajstić information content (AvgIpc) is 3.36. The van der Waals surface area contributed by atoms with Crippen LogP contribution in [0.5, 0.6) is 0 Å². The first-order chi connectivity index (χ1) is 14.3. The first kappa shape index (κ1) is 20.6. The predicted octanol–water partition coefficient (Wildman–Crippen LogP) is 8.09. The van der Waals surface area contributed by atoms with Gasteiger partial charge in [-0.15, -0.1) is 11.3 Å². The third-order valence-electron chi connectivity index (χ3n) is 6.98. The summed E-state index contributed by atoms with van der Waals surface area (Å²) >= 11 is 3.59. The van der Waals surface area contributed by atoms with E-state index in [1.54, 1.807) is 45.9 Å². The third-order valence-corrected chi connectivity index (χ3v) is 14.2. The van der Waals surface area contributed by atoms with Gasteiger partial charge in [0, 0.05) is 15.3 Å². The maximum atomic E-state index is 2.52. The van der Waals surface area contributed by atoms with Gasteiger partial charge < -0.3 is 0 Å². The standard InChI is InChI=1S/C16H13.C11H14SSi.Zr/c1-12-10-14-8-5-9-15(16(14)11-12)13-6-3-2-4-7-13;1-6-5-8-9(12-6)11-7(2)10(8)13(11,3)4;/h2-11H,1H3;5,10H,1-4H3;. The van der Waals surface area contributed by atoms with Gasteiger partial charge in [-0.2, -0.15) is 0 Å². The minimum atomic E-state index is -0.995. The number of rotatable bonds is 1. The first-order valence-electron chi connectivity index (χ1n) is 10.7. The fourth-order valence-corrected chi connectivity index (χ4v) is 12.8. The van der Waals surface area contributed by atoms with Gasteiger partial charge in [-0.25, -0.2) is 0 Å². The molecule has 2 aliphatic carbocycles. The molecule has 0 fully saturated rings. The Morgan fingerprint density at radius 2 is 1.63 bits per heavy atom. The average molecular weight is 503 g/mol. The van der Waals surface area contributed by atoms with Crippen molar-refractivity contribution in [3.05, 3.63) is 92.2 Å². The number of fused-ring (bicyclic) bond motifs is 1. The maximum absolute atomic E-state index is 2.52. The molecule has 0 spiro atoms. The summed E-state index contributed by atoms with van der Waals surface area (Å²) in [6.45, 7) is 11.8. The zero-order valence-corrected chi connectivity index (χ0v) is 22.6. The molecule has 3 aromatic rings. The molecule has 0 N–H and O–H groups in total. The molecule has 149 valence electrons. The fraction of sp³-hybridized carbons (Fsp3) is 0.259. The first-order valence-corrected chi connectivity index (χ1v) is 16.0. The summed E-state index contributed by atoms with van der Waals surface area (Å²) in [5, 5.41) is 1.78. The van der Waals surface area contributed by atoms with E-state index in [4.69, 9.17) is 0 Å². The van der Waals surface area contributed by atoms with Gasteiger partial charge in [0.1, 0.15) is 0 Å². The Morgan fingerprint density at radius 1 is 0.900 bits per heavy atom. The minimum absolute atomic E-state index is 0.654. The quantitative estimate of drug-likeness (QED) is 0.295. The van der Waals surface area contributed by atoms with Crippen molar-refractivity contribution in [3.8, 4) is 11.1 Å². The molecule has 0 amide bonds. The summed E-state index contributed by atoms with van der Waals surface area (Å²) in [5.74, 6) is 0. The van der Waals surface area contributed by atoms with Gasteiger partial charge in [-0.3, -0.25) is 0 Å².